The number of amides is 2. The van der Waals surface area contributed by atoms with Gasteiger partial charge in [-0.25, -0.2) is 0 Å². The van der Waals surface area contributed by atoms with Crippen molar-refractivity contribution in [3.63, 3.8) is 0 Å². The summed E-state index contributed by atoms with van der Waals surface area (Å²) >= 11 is 0. The highest BCUT2D eigenvalue weighted by molar-refractivity contribution is 6.00. The lowest BCUT2D eigenvalue weighted by Crippen LogP contribution is -2.44. The summed E-state index contributed by atoms with van der Waals surface area (Å²) in [6.07, 6.45) is 2.87. The molecule has 1 heterocycles. The van der Waals surface area contributed by atoms with Gasteiger partial charge in [-0.2, -0.15) is 0 Å². The largest absolute Gasteiger partial charge is 0.398 e. The van der Waals surface area contributed by atoms with Gasteiger partial charge in [-0.05, 0) is 19.9 Å². The zero-order valence-electron chi connectivity index (χ0n) is 10.3. The lowest BCUT2D eigenvalue weighted by atomic mass is 10.2. The van der Waals surface area contributed by atoms with Crippen molar-refractivity contribution in [1.29, 1.82) is 0 Å². The fraction of sp³-hybridized carbons (Fsp3) is 0.364. The molecule has 1 aromatic heterocycles. The molecule has 7 heteroatoms. The number of anilines is 1. The molecule has 1 rings (SSSR count). The third-order valence-corrected chi connectivity index (χ3v) is 2.19. The Morgan fingerprint density at radius 1 is 1.50 bits per heavy atom. The quantitative estimate of drug-likeness (QED) is 0.736. The molecule has 1 unspecified atom stereocenters. The van der Waals surface area contributed by atoms with Crippen LogP contribution in [0.2, 0.25) is 0 Å². The Balaban J connectivity index is 0.00000289. The Labute approximate surface area is 112 Å². The Morgan fingerprint density at radius 3 is 2.72 bits per heavy atom. The number of halogens is 1. The van der Waals surface area contributed by atoms with E-state index in [9.17, 15) is 9.59 Å². The van der Waals surface area contributed by atoms with Crippen molar-refractivity contribution in [2.24, 2.45) is 0 Å². The number of nitrogens with two attached hydrogens (primary N) is 1. The van der Waals surface area contributed by atoms with E-state index in [0.29, 0.717) is 12.2 Å². The van der Waals surface area contributed by atoms with Crippen molar-refractivity contribution < 1.29 is 9.59 Å². The summed E-state index contributed by atoms with van der Waals surface area (Å²) in [5, 5.41) is 5.17. The molecule has 0 aliphatic heterocycles. The summed E-state index contributed by atoms with van der Waals surface area (Å²) in [4.78, 5) is 27.0. The molecular weight excluding hydrogens is 256 g/mol. The van der Waals surface area contributed by atoms with Gasteiger partial charge in [0.15, 0.2) is 0 Å². The fourth-order valence-electron chi connectivity index (χ4n) is 1.26. The predicted molar refractivity (Wildman–Crippen MR) is 71.5 cm³/mol. The molecule has 6 nitrogen and oxygen atoms in total. The van der Waals surface area contributed by atoms with E-state index in [0.717, 1.165) is 0 Å². The van der Waals surface area contributed by atoms with Crippen LogP contribution in [-0.4, -0.2) is 29.4 Å². The Hall–Kier alpha value is -1.82. The highest BCUT2D eigenvalue weighted by Crippen LogP contribution is 2.08. The number of carbonyl (C=O) groups is 2. The molecule has 0 saturated carbocycles. The minimum Gasteiger partial charge on any atom is -0.398 e. The normalized spacial score (nSPS) is 11.0. The zero-order chi connectivity index (χ0) is 12.8. The van der Waals surface area contributed by atoms with Crippen LogP contribution in [0.5, 0.6) is 0 Å². The van der Waals surface area contributed by atoms with Gasteiger partial charge in [-0.3, -0.25) is 14.6 Å². The second-order valence-electron chi connectivity index (χ2n) is 3.55. The molecule has 0 fully saturated rings. The average Bonchev–Trinajstić information content (AvgIpc) is 2.29. The first kappa shape index (κ1) is 16.2. The molecule has 0 aromatic carbocycles. The molecule has 0 aliphatic carbocycles. The monoisotopic (exact) mass is 272 g/mol. The number of hydrogen-bond donors (Lipinski definition) is 3. The molecule has 1 atom stereocenters. The Bertz CT molecular complexity index is 425. The number of carbonyl (C=O) groups excluding carboxylic acids is 2. The Morgan fingerprint density at radius 2 is 2.17 bits per heavy atom. The van der Waals surface area contributed by atoms with E-state index in [4.69, 9.17) is 5.73 Å². The van der Waals surface area contributed by atoms with E-state index in [1.54, 1.807) is 6.92 Å². The van der Waals surface area contributed by atoms with Gasteiger partial charge < -0.3 is 16.4 Å². The van der Waals surface area contributed by atoms with Crippen LogP contribution >= 0.6 is 12.4 Å². The number of likely N-dealkylation sites (N-methyl/N-ethyl adjacent to an activating group) is 1. The number of nitrogens with zero attached hydrogens (tertiary/aromatic N) is 1. The van der Waals surface area contributed by atoms with Crippen LogP contribution in [0.3, 0.4) is 0 Å². The minimum atomic E-state index is -0.609. The lowest BCUT2D eigenvalue weighted by Gasteiger charge is -2.13. The van der Waals surface area contributed by atoms with Crippen LogP contribution in [0, 0.1) is 0 Å². The van der Waals surface area contributed by atoms with Crippen LogP contribution in [0.1, 0.15) is 24.2 Å². The maximum atomic E-state index is 11.8. The molecular formula is C11H17ClN4O2. The molecule has 0 aliphatic rings. The summed E-state index contributed by atoms with van der Waals surface area (Å²) in [7, 11) is 0. The van der Waals surface area contributed by atoms with E-state index in [1.165, 1.54) is 18.5 Å². The van der Waals surface area contributed by atoms with Crippen molar-refractivity contribution in [3.05, 3.63) is 24.0 Å². The zero-order valence-corrected chi connectivity index (χ0v) is 11.1. The first-order valence-electron chi connectivity index (χ1n) is 5.34. The van der Waals surface area contributed by atoms with Crippen LogP contribution < -0.4 is 16.4 Å². The average molecular weight is 273 g/mol. The molecule has 4 N–H and O–H groups in total. The van der Waals surface area contributed by atoms with Gasteiger partial charge in [0.05, 0.1) is 5.56 Å². The summed E-state index contributed by atoms with van der Waals surface area (Å²) in [6.45, 7) is 3.94. The third-order valence-electron chi connectivity index (χ3n) is 2.19. The van der Waals surface area contributed by atoms with Gasteiger partial charge in [0.1, 0.15) is 6.04 Å². The lowest BCUT2D eigenvalue weighted by molar-refractivity contribution is -0.122. The van der Waals surface area contributed by atoms with Crippen LogP contribution in [-0.2, 0) is 4.79 Å². The molecule has 0 saturated heterocycles. The summed E-state index contributed by atoms with van der Waals surface area (Å²) in [6, 6.07) is 0.924. The molecule has 0 bridgehead atoms. The minimum absolute atomic E-state index is 0. The summed E-state index contributed by atoms with van der Waals surface area (Å²) in [5.74, 6) is -0.641. The van der Waals surface area contributed by atoms with E-state index in [2.05, 4.69) is 15.6 Å². The predicted octanol–water partition coefficient (Wildman–Crippen LogP) is 0.340. The number of pyridine rings is 1. The van der Waals surface area contributed by atoms with E-state index in [-0.39, 0.29) is 23.9 Å². The van der Waals surface area contributed by atoms with Crippen molar-refractivity contribution in [1.82, 2.24) is 15.6 Å². The second-order valence-corrected chi connectivity index (χ2v) is 3.55. The smallest absolute Gasteiger partial charge is 0.255 e. The number of aromatic nitrogens is 1. The highest BCUT2D eigenvalue weighted by atomic mass is 35.5. The highest BCUT2D eigenvalue weighted by Gasteiger charge is 2.17. The fourth-order valence-corrected chi connectivity index (χ4v) is 1.26. The first-order chi connectivity index (χ1) is 8.06. The molecule has 18 heavy (non-hydrogen) atoms. The van der Waals surface area contributed by atoms with E-state index in [1.807, 2.05) is 6.92 Å². The van der Waals surface area contributed by atoms with Crippen LogP contribution in [0.15, 0.2) is 18.5 Å². The van der Waals surface area contributed by atoms with Crippen LogP contribution in [0.4, 0.5) is 5.69 Å². The molecule has 1 aromatic rings. The topological polar surface area (TPSA) is 97.1 Å². The van der Waals surface area contributed by atoms with Crippen molar-refractivity contribution in [2.75, 3.05) is 12.3 Å². The van der Waals surface area contributed by atoms with Crippen molar-refractivity contribution in [3.8, 4) is 0 Å². The number of rotatable bonds is 4. The van der Waals surface area contributed by atoms with Gasteiger partial charge in [-0.15, -0.1) is 12.4 Å². The molecule has 0 radical (unpaired) electrons. The van der Waals surface area contributed by atoms with E-state index < -0.39 is 11.9 Å². The third kappa shape index (κ3) is 4.21. The summed E-state index contributed by atoms with van der Waals surface area (Å²) in [5.41, 5.74) is 6.23. The summed E-state index contributed by atoms with van der Waals surface area (Å²) < 4.78 is 0. The molecule has 0 spiro atoms. The van der Waals surface area contributed by atoms with Gasteiger partial charge in [0.25, 0.3) is 5.91 Å². The van der Waals surface area contributed by atoms with Gasteiger partial charge in [0.2, 0.25) is 5.91 Å². The van der Waals surface area contributed by atoms with E-state index >= 15 is 0 Å². The second kappa shape index (κ2) is 7.50. The molecule has 100 valence electrons. The molecule has 2 amide bonds. The maximum absolute atomic E-state index is 11.8. The van der Waals surface area contributed by atoms with Crippen LogP contribution in [0.25, 0.3) is 0 Å². The van der Waals surface area contributed by atoms with Gasteiger partial charge in [0, 0.05) is 24.6 Å². The Kier molecular flexibility index (Phi) is 6.74. The van der Waals surface area contributed by atoms with Crippen molar-refractivity contribution >= 4 is 29.9 Å². The standard InChI is InChI=1S/C11H16N4O2.ClH/c1-3-14-10(16)7(2)15-11(17)8-6-13-5-4-9(8)12;/h4-7H,3H2,1-2H3,(H2,12,13)(H,14,16)(H,15,17);1H. The number of hydrogen-bond acceptors (Lipinski definition) is 4. The number of nitrogens with one attached hydrogen (secondary N) is 2. The first-order valence-corrected chi connectivity index (χ1v) is 5.34. The van der Waals surface area contributed by atoms with Gasteiger partial charge in [-0.1, -0.05) is 0 Å². The SMILES string of the molecule is CCNC(=O)C(C)NC(=O)c1cnccc1N.Cl. The number of nitrogen functional groups attached to an aromatic ring is 1. The maximum Gasteiger partial charge on any atom is 0.255 e. The van der Waals surface area contributed by atoms with Crippen molar-refractivity contribution in [2.45, 2.75) is 19.9 Å². The van der Waals surface area contributed by atoms with Gasteiger partial charge >= 0.3 is 0 Å².